The van der Waals surface area contributed by atoms with Crippen LogP contribution in [0.3, 0.4) is 0 Å². The Morgan fingerprint density at radius 3 is 2.36 bits per heavy atom. The monoisotopic (exact) mass is 401 g/mol. The Kier molecular flexibility index (Phi) is 7.58. The van der Waals surface area contributed by atoms with Gasteiger partial charge in [0.05, 0.1) is 18.7 Å². The lowest BCUT2D eigenvalue weighted by atomic mass is 10.0. The largest absolute Gasteiger partial charge is 0.444 e. The third kappa shape index (κ3) is 7.80. The Morgan fingerprint density at radius 1 is 1.11 bits per heavy atom. The van der Waals surface area contributed by atoms with Crippen LogP contribution >= 0.6 is 11.6 Å². The number of carbonyl (C=O) groups excluding carboxylic acids is 2. The minimum Gasteiger partial charge on any atom is -0.444 e. The number of ether oxygens (including phenoxy) is 1. The molecule has 0 saturated carbocycles. The van der Waals surface area contributed by atoms with E-state index in [2.05, 4.69) is 15.8 Å². The van der Waals surface area contributed by atoms with Crippen molar-refractivity contribution in [3.05, 3.63) is 70.7 Å². The molecule has 0 aliphatic carbocycles. The minimum atomic E-state index is -0.629. The number of hydrogen-bond acceptors (Lipinski definition) is 4. The molecule has 0 bridgehead atoms. The van der Waals surface area contributed by atoms with Gasteiger partial charge in [0.2, 0.25) is 5.91 Å². The first-order valence-electron chi connectivity index (χ1n) is 8.85. The molecule has 0 unspecified atom stereocenters. The van der Waals surface area contributed by atoms with Gasteiger partial charge in [-0.05, 0) is 44.0 Å². The maximum absolute atomic E-state index is 12.3. The molecule has 0 spiro atoms. The fraction of sp³-hybridized carbons (Fsp3) is 0.286. The Balaban J connectivity index is 1.99. The Labute approximate surface area is 169 Å². The van der Waals surface area contributed by atoms with Gasteiger partial charge in [-0.15, -0.1) is 0 Å². The number of halogens is 1. The van der Waals surface area contributed by atoms with Crippen LogP contribution in [-0.4, -0.2) is 23.8 Å². The number of hydrazone groups is 1. The van der Waals surface area contributed by atoms with E-state index in [9.17, 15) is 9.59 Å². The lowest BCUT2D eigenvalue weighted by Crippen LogP contribution is -2.36. The number of rotatable bonds is 6. The molecule has 0 heterocycles. The quantitative estimate of drug-likeness (QED) is 0.554. The van der Waals surface area contributed by atoms with Gasteiger partial charge in [0.1, 0.15) is 5.60 Å². The van der Waals surface area contributed by atoms with Crippen LogP contribution in [0.25, 0.3) is 0 Å². The third-order valence-corrected chi connectivity index (χ3v) is 3.81. The summed E-state index contributed by atoms with van der Waals surface area (Å²) in [5.41, 5.74) is 3.44. The fourth-order valence-electron chi connectivity index (χ4n) is 2.35. The summed E-state index contributed by atoms with van der Waals surface area (Å²) in [4.78, 5) is 24.4. The number of hydrogen-bond donors (Lipinski definition) is 2. The molecule has 2 N–H and O–H groups in total. The van der Waals surface area contributed by atoms with E-state index >= 15 is 0 Å². The van der Waals surface area contributed by atoms with Crippen molar-refractivity contribution in [1.82, 2.24) is 10.7 Å². The molecule has 7 heteroatoms. The molecule has 0 saturated heterocycles. The molecule has 0 aromatic heterocycles. The average molecular weight is 402 g/mol. The molecule has 148 valence electrons. The minimum absolute atomic E-state index is 0.0151. The molecule has 0 aliphatic heterocycles. The molecular weight excluding hydrogens is 378 g/mol. The second-order valence-corrected chi connectivity index (χ2v) is 7.59. The van der Waals surface area contributed by atoms with Gasteiger partial charge in [0.15, 0.2) is 0 Å². The summed E-state index contributed by atoms with van der Waals surface area (Å²) in [6.45, 7) is 5.34. The number of carbonyl (C=O) groups is 2. The van der Waals surface area contributed by atoms with E-state index < -0.39 is 17.7 Å². The topological polar surface area (TPSA) is 79.8 Å². The first-order valence-corrected chi connectivity index (χ1v) is 9.23. The van der Waals surface area contributed by atoms with E-state index in [1.54, 1.807) is 45.0 Å². The molecule has 2 aromatic carbocycles. The van der Waals surface area contributed by atoms with Crippen molar-refractivity contribution in [2.75, 3.05) is 0 Å². The zero-order valence-corrected chi connectivity index (χ0v) is 16.9. The summed E-state index contributed by atoms with van der Waals surface area (Å²) < 4.78 is 5.30. The number of nitrogens with one attached hydrogen (secondary N) is 2. The third-order valence-electron chi connectivity index (χ3n) is 3.56. The number of alkyl carbamates (subject to hydrolysis) is 1. The highest BCUT2D eigenvalue weighted by Gasteiger charge is 2.22. The zero-order valence-electron chi connectivity index (χ0n) is 16.1. The molecular formula is C21H24ClN3O3. The number of nitrogens with zero attached hydrogens (tertiary/aromatic N) is 1. The highest BCUT2D eigenvalue weighted by Crippen LogP contribution is 2.18. The zero-order chi connectivity index (χ0) is 20.6. The fourth-order valence-corrected chi connectivity index (χ4v) is 2.47. The van der Waals surface area contributed by atoms with Crippen LogP contribution < -0.4 is 10.7 Å². The second-order valence-electron chi connectivity index (χ2n) is 7.16. The van der Waals surface area contributed by atoms with Gasteiger partial charge >= 0.3 is 6.09 Å². The van der Waals surface area contributed by atoms with Gasteiger partial charge < -0.3 is 10.1 Å². The Bertz CT molecular complexity index is 815. The first-order chi connectivity index (χ1) is 13.2. The van der Waals surface area contributed by atoms with Crippen molar-refractivity contribution in [2.45, 2.75) is 38.8 Å². The van der Waals surface area contributed by atoms with Crippen LogP contribution in [0.15, 0.2) is 59.7 Å². The van der Waals surface area contributed by atoms with Crippen molar-refractivity contribution in [2.24, 2.45) is 5.10 Å². The summed E-state index contributed by atoms with van der Waals surface area (Å²) in [6, 6.07) is 15.7. The first kappa shape index (κ1) is 21.4. The van der Waals surface area contributed by atoms with Gasteiger partial charge in [0, 0.05) is 5.02 Å². The van der Waals surface area contributed by atoms with Crippen LogP contribution in [0.2, 0.25) is 5.02 Å². The molecule has 0 fully saturated rings. The van der Waals surface area contributed by atoms with Crippen LogP contribution in [0, 0.1) is 0 Å². The number of amides is 2. The van der Waals surface area contributed by atoms with E-state index in [0.717, 1.165) is 11.1 Å². The summed E-state index contributed by atoms with van der Waals surface area (Å²) in [6.07, 6.45) is 0.952. The molecule has 2 aromatic rings. The summed E-state index contributed by atoms with van der Waals surface area (Å²) in [5, 5.41) is 7.32. The molecule has 0 radical (unpaired) electrons. The van der Waals surface area contributed by atoms with Gasteiger partial charge in [-0.1, -0.05) is 54.1 Å². The van der Waals surface area contributed by atoms with Crippen molar-refractivity contribution in [1.29, 1.82) is 0 Å². The van der Waals surface area contributed by atoms with Crippen molar-refractivity contribution >= 4 is 29.8 Å². The smallest absolute Gasteiger partial charge is 0.408 e. The maximum Gasteiger partial charge on any atom is 0.408 e. The second kappa shape index (κ2) is 9.90. The van der Waals surface area contributed by atoms with Crippen LogP contribution in [0.1, 0.15) is 44.4 Å². The van der Waals surface area contributed by atoms with Crippen molar-refractivity contribution in [3.63, 3.8) is 0 Å². The Morgan fingerprint density at radius 2 is 1.75 bits per heavy atom. The van der Waals surface area contributed by atoms with Gasteiger partial charge in [-0.25, -0.2) is 10.2 Å². The predicted molar refractivity (Wildman–Crippen MR) is 110 cm³/mol. The highest BCUT2D eigenvalue weighted by atomic mass is 35.5. The van der Waals surface area contributed by atoms with E-state index in [1.165, 1.54) is 6.21 Å². The van der Waals surface area contributed by atoms with Gasteiger partial charge in [0.25, 0.3) is 0 Å². The van der Waals surface area contributed by atoms with Crippen molar-refractivity contribution < 1.29 is 14.3 Å². The molecule has 1 atom stereocenters. The highest BCUT2D eigenvalue weighted by molar-refractivity contribution is 6.30. The molecule has 0 aliphatic rings. The summed E-state index contributed by atoms with van der Waals surface area (Å²) in [5.74, 6) is -0.338. The molecule has 28 heavy (non-hydrogen) atoms. The standard InChI is InChI=1S/C21H24ClN3O3/c1-21(2,3)28-20(27)24-18(16-7-5-4-6-8-16)13-19(26)25-23-14-15-9-11-17(22)12-10-15/h4-12,14,18H,13H2,1-3H3,(H,24,27)(H,25,26)/b23-14+/t18-/m0/s1. The van der Waals surface area contributed by atoms with Gasteiger partial charge in [-0.3, -0.25) is 4.79 Å². The lowest BCUT2D eigenvalue weighted by molar-refractivity contribution is -0.121. The molecule has 6 nitrogen and oxygen atoms in total. The van der Waals surface area contributed by atoms with E-state index in [-0.39, 0.29) is 12.3 Å². The SMILES string of the molecule is CC(C)(C)OC(=O)N[C@@H](CC(=O)N/N=C/c1ccc(Cl)cc1)c1ccccc1. The van der Waals surface area contributed by atoms with Crippen LogP contribution in [-0.2, 0) is 9.53 Å². The van der Waals surface area contributed by atoms with Crippen molar-refractivity contribution in [3.8, 4) is 0 Å². The summed E-state index contributed by atoms with van der Waals surface area (Å²) in [7, 11) is 0. The van der Waals surface area contributed by atoms with E-state index in [0.29, 0.717) is 5.02 Å². The summed E-state index contributed by atoms with van der Waals surface area (Å²) >= 11 is 5.83. The number of benzene rings is 2. The Hall–Kier alpha value is -2.86. The molecule has 2 rings (SSSR count). The normalized spacial score (nSPS) is 12.4. The predicted octanol–water partition coefficient (Wildman–Crippen LogP) is 4.45. The maximum atomic E-state index is 12.3. The van der Waals surface area contributed by atoms with Crippen LogP contribution in [0.4, 0.5) is 4.79 Å². The van der Waals surface area contributed by atoms with Crippen LogP contribution in [0.5, 0.6) is 0 Å². The van der Waals surface area contributed by atoms with E-state index in [1.807, 2.05) is 30.3 Å². The lowest BCUT2D eigenvalue weighted by Gasteiger charge is -2.23. The molecule has 2 amide bonds. The average Bonchev–Trinajstić information content (AvgIpc) is 2.62. The van der Waals surface area contributed by atoms with Gasteiger partial charge in [-0.2, -0.15) is 5.10 Å². The van der Waals surface area contributed by atoms with E-state index in [4.69, 9.17) is 16.3 Å².